The van der Waals surface area contributed by atoms with Crippen molar-refractivity contribution < 1.29 is 13.9 Å². The topological polar surface area (TPSA) is 39.4 Å². The Bertz CT molecular complexity index is 538. The average Bonchev–Trinajstić information content (AvgIpc) is 3.11. The number of hydrogen-bond donors (Lipinski definition) is 0. The molecular formula is C17H23IO3. The van der Waals surface area contributed by atoms with E-state index in [4.69, 9.17) is 9.15 Å². The third-order valence-electron chi connectivity index (χ3n) is 4.99. The molecule has 1 aromatic heterocycles. The van der Waals surface area contributed by atoms with Crippen LogP contribution in [0.25, 0.3) is 0 Å². The Morgan fingerprint density at radius 3 is 2.62 bits per heavy atom. The van der Waals surface area contributed by atoms with Gasteiger partial charge in [-0.05, 0) is 45.1 Å². The van der Waals surface area contributed by atoms with Gasteiger partial charge >= 0.3 is 5.97 Å². The van der Waals surface area contributed by atoms with Crippen molar-refractivity contribution in [3.8, 4) is 0 Å². The first-order chi connectivity index (χ1) is 9.97. The monoisotopic (exact) mass is 402 g/mol. The minimum atomic E-state index is -0.445. The number of alkyl halides is 1. The zero-order chi connectivity index (χ0) is 15.1. The van der Waals surface area contributed by atoms with Crippen LogP contribution in [0.2, 0.25) is 0 Å². The summed E-state index contributed by atoms with van der Waals surface area (Å²) in [6.07, 6.45) is 8.09. The molecule has 0 N–H and O–H groups in total. The first kappa shape index (κ1) is 15.4. The fraction of sp³-hybridized carbons (Fsp3) is 0.706. The van der Waals surface area contributed by atoms with Crippen LogP contribution in [-0.2, 0) is 28.0 Å². The van der Waals surface area contributed by atoms with Crippen molar-refractivity contribution in [3.05, 3.63) is 23.2 Å². The highest BCUT2D eigenvalue weighted by atomic mass is 127. The molecule has 1 aromatic rings. The molecule has 0 radical (unpaired) electrons. The lowest BCUT2D eigenvalue weighted by atomic mass is 9.78. The van der Waals surface area contributed by atoms with Crippen molar-refractivity contribution >= 4 is 28.6 Å². The highest BCUT2D eigenvalue weighted by molar-refractivity contribution is 14.1. The zero-order valence-corrected chi connectivity index (χ0v) is 15.0. The molecular weight excluding hydrogens is 379 g/mol. The molecule has 1 saturated carbocycles. The number of furan rings is 1. The van der Waals surface area contributed by atoms with Crippen molar-refractivity contribution in [1.29, 1.82) is 0 Å². The van der Waals surface area contributed by atoms with Gasteiger partial charge in [0.2, 0.25) is 0 Å². The van der Waals surface area contributed by atoms with Crippen LogP contribution >= 0.6 is 22.6 Å². The third kappa shape index (κ3) is 2.76. The fourth-order valence-electron chi connectivity index (χ4n) is 3.39. The van der Waals surface area contributed by atoms with Crippen LogP contribution in [0, 0.1) is 0 Å². The molecule has 21 heavy (non-hydrogen) atoms. The first-order valence-corrected chi connectivity index (χ1v) is 9.09. The Morgan fingerprint density at radius 1 is 1.38 bits per heavy atom. The standard InChI is InChI=1S/C17H23IO3/c1-3-16(2,18)15(19)21-17(9-5-4-6-10-17)13-11-12-7-8-14(13)20-12/h11H,3-10H2,1-2H3. The Kier molecular flexibility index (Phi) is 4.10. The molecule has 3 rings (SSSR count). The van der Waals surface area contributed by atoms with Gasteiger partial charge in [-0.15, -0.1) is 0 Å². The van der Waals surface area contributed by atoms with E-state index in [0.717, 1.165) is 62.0 Å². The zero-order valence-electron chi connectivity index (χ0n) is 12.8. The number of fused-ring (bicyclic) bond motifs is 2. The highest BCUT2D eigenvalue weighted by Gasteiger charge is 2.45. The molecule has 1 unspecified atom stereocenters. The van der Waals surface area contributed by atoms with Gasteiger partial charge in [0, 0.05) is 18.4 Å². The number of rotatable bonds is 4. The van der Waals surface area contributed by atoms with Crippen molar-refractivity contribution in [2.75, 3.05) is 0 Å². The Labute approximate surface area is 139 Å². The largest absolute Gasteiger partial charge is 0.466 e. The molecule has 0 saturated heterocycles. The van der Waals surface area contributed by atoms with Crippen LogP contribution in [0.4, 0.5) is 0 Å². The molecule has 116 valence electrons. The van der Waals surface area contributed by atoms with Crippen LogP contribution in [-0.4, -0.2) is 9.39 Å². The maximum atomic E-state index is 12.6. The minimum Gasteiger partial charge on any atom is -0.466 e. The van der Waals surface area contributed by atoms with Gasteiger partial charge in [-0.2, -0.15) is 0 Å². The molecule has 1 fully saturated rings. The molecule has 1 aliphatic carbocycles. The lowest BCUT2D eigenvalue weighted by molar-refractivity contribution is -0.167. The highest BCUT2D eigenvalue weighted by Crippen LogP contribution is 2.46. The summed E-state index contributed by atoms with van der Waals surface area (Å²) in [4.78, 5) is 12.6. The number of halogens is 1. The van der Waals surface area contributed by atoms with Crippen LogP contribution in [0.3, 0.4) is 0 Å². The van der Waals surface area contributed by atoms with E-state index in [1.54, 1.807) is 0 Å². The van der Waals surface area contributed by atoms with Gasteiger partial charge in [0.1, 0.15) is 20.5 Å². The molecule has 2 bridgehead atoms. The van der Waals surface area contributed by atoms with E-state index in [-0.39, 0.29) is 5.97 Å². The fourth-order valence-corrected chi connectivity index (χ4v) is 3.50. The van der Waals surface area contributed by atoms with Crippen molar-refractivity contribution in [2.24, 2.45) is 0 Å². The second-order valence-corrected chi connectivity index (χ2v) is 8.93. The number of hydrogen-bond acceptors (Lipinski definition) is 3. The number of aryl methyl sites for hydroxylation is 2. The minimum absolute atomic E-state index is 0.0817. The second kappa shape index (κ2) is 5.60. The predicted octanol–water partition coefficient (Wildman–Crippen LogP) is 4.68. The van der Waals surface area contributed by atoms with E-state index in [0.29, 0.717) is 0 Å². The van der Waals surface area contributed by atoms with E-state index in [9.17, 15) is 4.79 Å². The lowest BCUT2D eigenvalue weighted by Crippen LogP contribution is -2.41. The van der Waals surface area contributed by atoms with E-state index < -0.39 is 9.02 Å². The van der Waals surface area contributed by atoms with E-state index in [1.165, 1.54) is 6.42 Å². The lowest BCUT2D eigenvalue weighted by Gasteiger charge is -2.39. The Morgan fingerprint density at radius 2 is 2.10 bits per heavy atom. The quantitative estimate of drug-likeness (QED) is 0.417. The summed E-state index contributed by atoms with van der Waals surface area (Å²) in [5.41, 5.74) is 0.717. The molecule has 1 aliphatic heterocycles. The Hall–Kier alpha value is -0.520. The maximum absolute atomic E-state index is 12.6. The summed E-state index contributed by atoms with van der Waals surface area (Å²) in [5, 5.41) is 0. The Balaban J connectivity index is 1.91. The molecule has 0 spiro atoms. The third-order valence-corrected chi connectivity index (χ3v) is 6.19. The molecule has 0 aromatic carbocycles. The summed E-state index contributed by atoms with van der Waals surface area (Å²) in [7, 11) is 0. The van der Waals surface area contributed by atoms with Crippen LogP contribution in [0.15, 0.2) is 10.5 Å². The van der Waals surface area contributed by atoms with E-state index in [1.807, 2.05) is 13.8 Å². The van der Waals surface area contributed by atoms with Crippen LogP contribution in [0.1, 0.15) is 69.5 Å². The van der Waals surface area contributed by atoms with E-state index >= 15 is 0 Å². The molecule has 2 heterocycles. The number of ether oxygens (including phenoxy) is 1. The van der Waals surface area contributed by atoms with Gasteiger partial charge in [0.05, 0.1) is 0 Å². The van der Waals surface area contributed by atoms with Gasteiger partial charge in [0.25, 0.3) is 0 Å². The number of esters is 1. The summed E-state index contributed by atoms with van der Waals surface area (Å²) >= 11 is 2.22. The van der Waals surface area contributed by atoms with Gasteiger partial charge in [-0.25, -0.2) is 0 Å². The van der Waals surface area contributed by atoms with Gasteiger partial charge in [-0.3, -0.25) is 4.79 Å². The maximum Gasteiger partial charge on any atom is 0.322 e. The van der Waals surface area contributed by atoms with Crippen molar-refractivity contribution in [3.63, 3.8) is 0 Å². The molecule has 0 amide bonds. The summed E-state index contributed by atoms with van der Waals surface area (Å²) in [6, 6.07) is 2.13. The van der Waals surface area contributed by atoms with Gasteiger partial charge in [0.15, 0.2) is 0 Å². The van der Waals surface area contributed by atoms with Gasteiger partial charge < -0.3 is 9.15 Å². The van der Waals surface area contributed by atoms with Gasteiger partial charge in [-0.1, -0.05) is 35.9 Å². The SMILES string of the molecule is CCC(C)(I)C(=O)OC1(c2cc3oc2CC3)CCCCC1. The summed E-state index contributed by atoms with van der Waals surface area (Å²) < 4.78 is 11.5. The van der Waals surface area contributed by atoms with Crippen molar-refractivity contribution in [2.45, 2.75) is 74.2 Å². The molecule has 1 atom stereocenters. The average molecular weight is 402 g/mol. The number of carbonyl (C=O) groups is 1. The first-order valence-electron chi connectivity index (χ1n) is 8.01. The molecule has 2 aliphatic rings. The predicted molar refractivity (Wildman–Crippen MR) is 89.7 cm³/mol. The van der Waals surface area contributed by atoms with E-state index in [2.05, 4.69) is 28.7 Å². The molecule has 4 heteroatoms. The van der Waals surface area contributed by atoms with Crippen molar-refractivity contribution in [1.82, 2.24) is 0 Å². The summed E-state index contributed by atoms with van der Waals surface area (Å²) in [6.45, 7) is 3.99. The second-order valence-electron chi connectivity index (χ2n) is 6.55. The summed E-state index contributed by atoms with van der Waals surface area (Å²) in [5.74, 6) is 2.02. The smallest absolute Gasteiger partial charge is 0.322 e. The number of carbonyl (C=O) groups excluding carboxylic acids is 1. The molecule has 3 nitrogen and oxygen atoms in total. The van der Waals surface area contributed by atoms with Crippen LogP contribution < -0.4 is 0 Å². The van der Waals surface area contributed by atoms with Crippen LogP contribution in [0.5, 0.6) is 0 Å². The normalized spacial score (nSPS) is 22.8.